The van der Waals surface area contributed by atoms with Crippen molar-refractivity contribution in [1.29, 1.82) is 0 Å². The number of likely N-dealkylation sites (tertiary alicyclic amines) is 1. The first-order chi connectivity index (χ1) is 10.3. The molecule has 4 heteroatoms. The maximum absolute atomic E-state index is 11.7. The Morgan fingerprint density at radius 2 is 2.19 bits per heavy atom. The molecule has 2 heterocycles. The van der Waals surface area contributed by atoms with Crippen LogP contribution in [0.25, 0.3) is 0 Å². The minimum absolute atomic E-state index is 0.0280. The van der Waals surface area contributed by atoms with Crippen molar-refractivity contribution in [3.63, 3.8) is 0 Å². The van der Waals surface area contributed by atoms with Crippen LogP contribution in [0.15, 0.2) is 30.3 Å². The van der Waals surface area contributed by atoms with Crippen LogP contribution < -0.4 is 5.32 Å². The lowest BCUT2D eigenvalue weighted by molar-refractivity contribution is -0.132. The van der Waals surface area contributed by atoms with Crippen LogP contribution in [0.5, 0.6) is 0 Å². The molecule has 21 heavy (non-hydrogen) atoms. The molecule has 1 N–H and O–H groups in total. The number of nitrogens with one attached hydrogen (secondary N) is 1. The van der Waals surface area contributed by atoms with Crippen LogP contribution in [0.4, 0.5) is 0 Å². The molecular formula is C17H24N2O2. The summed E-state index contributed by atoms with van der Waals surface area (Å²) in [7, 11) is 1.68. The molecule has 0 radical (unpaired) electrons. The molecule has 0 bridgehead atoms. The van der Waals surface area contributed by atoms with Crippen LogP contribution in [0.3, 0.4) is 0 Å². The zero-order valence-electron chi connectivity index (χ0n) is 12.6. The van der Waals surface area contributed by atoms with Gasteiger partial charge in [-0.15, -0.1) is 0 Å². The lowest BCUT2D eigenvalue weighted by Crippen LogP contribution is -2.43. The summed E-state index contributed by atoms with van der Waals surface area (Å²) in [6.45, 7) is 3.16. The van der Waals surface area contributed by atoms with E-state index in [-0.39, 0.29) is 18.1 Å². The number of ether oxygens (including phenoxy) is 1. The number of benzene rings is 1. The van der Waals surface area contributed by atoms with Crippen molar-refractivity contribution in [1.82, 2.24) is 10.2 Å². The van der Waals surface area contributed by atoms with Gasteiger partial charge in [-0.25, -0.2) is 0 Å². The maximum Gasteiger partial charge on any atom is 0.248 e. The first-order valence-electron chi connectivity index (χ1n) is 7.89. The van der Waals surface area contributed by atoms with Gasteiger partial charge in [0.15, 0.2) is 0 Å². The number of hydrogen-bond acceptors (Lipinski definition) is 3. The molecule has 0 unspecified atom stereocenters. The monoisotopic (exact) mass is 288 g/mol. The van der Waals surface area contributed by atoms with Crippen LogP contribution in [0, 0.1) is 5.92 Å². The molecule has 3 rings (SSSR count). The van der Waals surface area contributed by atoms with E-state index in [1.165, 1.54) is 5.56 Å². The van der Waals surface area contributed by atoms with E-state index in [2.05, 4.69) is 40.5 Å². The van der Waals surface area contributed by atoms with Gasteiger partial charge in [-0.05, 0) is 37.3 Å². The molecule has 2 aliphatic rings. The van der Waals surface area contributed by atoms with Crippen LogP contribution in [-0.4, -0.2) is 49.7 Å². The number of carbonyl (C=O) groups excluding carboxylic acids is 1. The zero-order valence-corrected chi connectivity index (χ0v) is 12.6. The van der Waals surface area contributed by atoms with Crippen LogP contribution in [0.2, 0.25) is 0 Å². The number of amides is 1. The average Bonchev–Trinajstić information content (AvgIpc) is 2.96. The molecule has 0 aliphatic carbocycles. The molecule has 2 fully saturated rings. The first kappa shape index (κ1) is 14.5. The molecule has 0 spiro atoms. The fourth-order valence-corrected chi connectivity index (χ4v) is 3.46. The summed E-state index contributed by atoms with van der Waals surface area (Å²) in [5.74, 6) is 0.584. The van der Waals surface area contributed by atoms with Crippen molar-refractivity contribution >= 4 is 5.91 Å². The van der Waals surface area contributed by atoms with E-state index in [1.807, 2.05) is 0 Å². The number of carbonyl (C=O) groups is 1. The van der Waals surface area contributed by atoms with Gasteiger partial charge in [0, 0.05) is 20.1 Å². The molecule has 2 aliphatic heterocycles. The summed E-state index contributed by atoms with van der Waals surface area (Å²) in [4.78, 5) is 14.2. The fourth-order valence-electron chi connectivity index (χ4n) is 3.46. The fraction of sp³-hybridized carbons (Fsp3) is 0.588. The number of fused-ring (bicyclic) bond motifs is 1. The van der Waals surface area contributed by atoms with Crippen molar-refractivity contribution in [2.24, 2.45) is 5.92 Å². The van der Waals surface area contributed by atoms with Gasteiger partial charge >= 0.3 is 0 Å². The molecule has 4 nitrogen and oxygen atoms in total. The van der Waals surface area contributed by atoms with Gasteiger partial charge in [-0.3, -0.25) is 4.79 Å². The second-order valence-electron chi connectivity index (χ2n) is 6.10. The van der Waals surface area contributed by atoms with Crippen LogP contribution in [-0.2, 0) is 16.0 Å². The smallest absolute Gasteiger partial charge is 0.248 e. The topological polar surface area (TPSA) is 41.6 Å². The van der Waals surface area contributed by atoms with Gasteiger partial charge in [0.25, 0.3) is 0 Å². The minimum atomic E-state index is -0.237. The first-order valence-corrected chi connectivity index (χ1v) is 7.89. The lowest BCUT2D eigenvalue weighted by Gasteiger charge is -2.34. The molecule has 1 aromatic carbocycles. The quantitative estimate of drug-likeness (QED) is 0.912. The van der Waals surface area contributed by atoms with E-state index in [0.29, 0.717) is 5.92 Å². The van der Waals surface area contributed by atoms with E-state index in [9.17, 15) is 4.79 Å². The van der Waals surface area contributed by atoms with Crippen molar-refractivity contribution in [3.05, 3.63) is 35.9 Å². The summed E-state index contributed by atoms with van der Waals surface area (Å²) in [6.07, 6.45) is 3.11. The standard InChI is InChI=1S/C17H24N2O2/c1-18-17(20)15-11-14-8-10-19(12-16(14)21-15)9-7-13-5-3-2-4-6-13/h2-6,14-16H,7-12H2,1H3,(H,18,20)/t14-,15+,16-/m1/s1. The van der Waals surface area contributed by atoms with E-state index in [4.69, 9.17) is 4.74 Å². The summed E-state index contributed by atoms with van der Waals surface area (Å²) in [6, 6.07) is 10.6. The third-order valence-electron chi connectivity index (χ3n) is 4.73. The van der Waals surface area contributed by atoms with Gasteiger partial charge in [0.2, 0.25) is 5.91 Å². The molecular weight excluding hydrogens is 264 g/mol. The Hall–Kier alpha value is -1.39. The third kappa shape index (κ3) is 3.44. The highest BCUT2D eigenvalue weighted by atomic mass is 16.5. The van der Waals surface area contributed by atoms with Crippen molar-refractivity contribution in [2.75, 3.05) is 26.7 Å². The number of nitrogens with zero attached hydrogens (tertiary/aromatic N) is 1. The SMILES string of the molecule is CNC(=O)[C@@H]1C[C@H]2CCN(CCc3ccccc3)C[C@H]2O1. The van der Waals surface area contributed by atoms with E-state index < -0.39 is 0 Å². The Balaban J connectivity index is 1.50. The molecule has 0 aromatic heterocycles. The summed E-state index contributed by atoms with van der Waals surface area (Å²) in [5.41, 5.74) is 1.38. The largest absolute Gasteiger partial charge is 0.364 e. The lowest BCUT2D eigenvalue weighted by atomic mass is 9.91. The predicted molar refractivity (Wildman–Crippen MR) is 82.0 cm³/mol. The Morgan fingerprint density at radius 1 is 1.38 bits per heavy atom. The second kappa shape index (κ2) is 6.58. The molecule has 3 atom stereocenters. The van der Waals surface area contributed by atoms with Gasteiger partial charge in [-0.2, -0.15) is 0 Å². The molecule has 1 aromatic rings. The van der Waals surface area contributed by atoms with E-state index in [1.54, 1.807) is 7.05 Å². The molecule has 114 valence electrons. The van der Waals surface area contributed by atoms with Crippen molar-refractivity contribution in [2.45, 2.75) is 31.5 Å². The van der Waals surface area contributed by atoms with Crippen LogP contribution in [0.1, 0.15) is 18.4 Å². The molecule has 0 saturated carbocycles. The molecule has 1 amide bonds. The maximum atomic E-state index is 11.7. The van der Waals surface area contributed by atoms with Crippen molar-refractivity contribution < 1.29 is 9.53 Å². The third-order valence-corrected chi connectivity index (χ3v) is 4.73. The number of piperidine rings is 1. The van der Waals surface area contributed by atoms with Gasteiger partial charge in [0.05, 0.1) is 6.10 Å². The summed E-state index contributed by atoms with van der Waals surface area (Å²) < 4.78 is 5.95. The highest BCUT2D eigenvalue weighted by Crippen LogP contribution is 2.33. The number of likely N-dealkylation sites (N-methyl/N-ethyl adjacent to an activating group) is 1. The van der Waals surface area contributed by atoms with E-state index in [0.717, 1.165) is 38.9 Å². The normalized spacial score (nSPS) is 29.1. The highest BCUT2D eigenvalue weighted by molar-refractivity contribution is 5.80. The number of rotatable bonds is 4. The van der Waals surface area contributed by atoms with Crippen LogP contribution >= 0.6 is 0 Å². The van der Waals surface area contributed by atoms with Crippen molar-refractivity contribution in [3.8, 4) is 0 Å². The second-order valence-corrected chi connectivity index (χ2v) is 6.10. The Morgan fingerprint density at radius 3 is 2.95 bits per heavy atom. The summed E-state index contributed by atoms with van der Waals surface area (Å²) in [5, 5.41) is 2.70. The van der Waals surface area contributed by atoms with Gasteiger partial charge < -0.3 is 15.0 Å². The average molecular weight is 288 g/mol. The zero-order chi connectivity index (χ0) is 14.7. The summed E-state index contributed by atoms with van der Waals surface area (Å²) >= 11 is 0. The Kier molecular flexibility index (Phi) is 4.56. The van der Waals surface area contributed by atoms with E-state index >= 15 is 0 Å². The Labute approximate surface area is 126 Å². The predicted octanol–water partition coefficient (Wildman–Crippen LogP) is 1.45. The molecule has 2 saturated heterocycles. The Bertz CT molecular complexity index is 477. The number of hydrogen-bond donors (Lipinski definition) is 1. The minimum Gasteiger partial charge on any atom is -0.364 e. The van der Waals surface area contributed by atoms with Gasteiger partial charge in [0.1, 0.15) is 6.10 Å². The highest BCUT2D eigenvalue weighted by Gasteiger charge is 2.41. The van der Waals surface area contributed by atoms with Gasteiger partial charge in [-0.1, -0.05) is 30.3 Å².